The first-order valence-corrected chi connectivity index (χ1v) is 2.78. The number of hydrogen-bond donors (Lipinski definition) is 0. The van der Waals surface area contributed by atoms with E-state index in [1.54, 1.807) is 18.2 Å². The molecule has 0 rings (SSSR count). The molecule has 0 bridgehead atoms. The van der Waals surface area contributed by atoms with Crippen LogP contribution in [0.2, 0.25) is 0 Å². The van der Waals surface area contributed by atoms with Crippen molar-refractivity contribution in [1.29, 1.82) is 15.8 Å². The summed E-state index contributed by atoms with van der Waals surface area (Å²) in [6.45, 7) is 17.8. The van der Waals surface area contributed by atoms with Crippen LogP contribution in [0, 0.1) is 34.0 Å². The molecule has 6 nitrogen and oxygen atoms in total. The molecule has 0 aromatic carbocycles. The van der Waals surface area contributed by atoms with Crippen LogP contribution in [0.4, 0.5) is 0 Å². The van der Waals surface area contributed by atoms with E-state index in [1.165, 1.54) is 20.8 Å². The van der Waals surface area contributed by atoms with Gasteiger partial charge in [-0.2, -0.15) is 15.8 Å². The Kier molecular flexibility index (Phi) is 4270. The van der Waals surface area contributed by atoms with Crippen molar-refractivity contribution in [3.63, 3.8) is 0 Å². The number of hydrogen-bond acceptors (Lipinski definition) is 6. The van der Waals surface area contributed by atoms with Gasteiger partial charge in [-0.1, -0.05) is 0 Å². The Bertz CT molecular complexity index is 149. The van der Waals surface area contributed by atoms with E-state index >= 15 is 0 Å². The third kappa shape index (κ3) is 452. The van der Waals surface area contributed by atoms with Gasteiger partial charge in [-0.25, -0.2) is 0 Å². The Morgan fingerprint density at radius 2 is 0.625 bits per heavy atom. The number of carbonyl (C=O) groups excluding carboxylic acids is 3. The first-order valence-electron chi connectivity index (χ1n) is 2.78. The van der Waals surface area contributed by atoms with Crippen molar-refractivity contribution >= 4 is 20.4 Å². The molecule has 0 aliphatic rings. The molecule has 0 heterocycles. The molecular formula is C9H9MoN3O3. The van der Waals surface area contributed by atoms with Gasteiger partial charge in [-0.3, -0.25) is 14.4 Å². The van der Waals surface area contributed by atoms with Gasteiger partial charge in [0.25, 0.3) is 20.4 Å². The van der Waals surface area contributed by atoms with Gasteiger partial charge in [0, 0.05) is 41.8 Å². The van der Waals surface area contributed by atoms with Crippen molar-refractivity contribution in [2.75, 3.05) is 0 Å². The third-order valence-corrected chi connectivity index (χ3v) is 0. The average molecular weight is 303 g/mol. The van der Waals surface area contributed by atoms with E-state index in [9.17, 15) is 0 Å². The van der Waals surface area contributed by atoms with E-state index < -0.39 is 0 Å². The third-order valence-electron chi connectivity index (χ3n) is 0. The Morgan fingerprint density at radius 1 is 0.625 bits per heavy atom. The molecule has 0 N–H and O–H groups in total. The molecule has 6 radical (unpaired) electrons. The van der Waals surface area contributed by atoms with Gasteiger partial charge in [0.15, 0.2) is 0 Å². The summed E-state index contributed by atoms with van der Waals surface area (Å²) in [5, 5.41) is 22.0. The molecule has 0 aromatic rings. The summed E-state index contributed by atoms with van der Waals surface area (Å²) in [6.07, 6.45) is 0. The molecule has 0 saturated carbocycles. The minimum absolute atomic E-state index is 0. The van der Waals surface area contributed by atoms with Gasteiger partial charge >= 0.3 is 0 Å². The van der Waals surface area contributed by atoms with Crippen LogP contribution < -0.4 is 0 Å². The van der Waals surface area contributed by atoms with Crippen LogP contribution in [0.3, 0.4) is 0 Å². The predicted molar refractivity (Wildman–Crippen MR) is 50.9 cm³/mol. The van der Waals surface area contributed by atoms with Gasteiger partial charge in [0.2, 0.25) is 0 Å². The summed E-state index contributed by atoms with van der Waals surface area (Å²) in [5.41, 5.74) is 0. The molecule has 0 fully saturated rings. The summed E-state index contributed by atoms with van der Waals surface area (Å²) in [6, 6.07) is 5.25. The maximum atomic E-state index is 7.50. The summed E-state index contributed by atoms with van der Waals surface area (Å²) in [4.78, 5) is 22.5. The Morgan fingerprint density at radius 3 is 0.625 bits per heavy atom. The van der Waals surface area contributed by atoms with Crippen molar-refractivity contribution in [2.24, 2.45) is 0 Å². The predicted octanol–water partition coefficient (Wildman–Crippen LogP) is 0.396. The van der Waals surface area contributed by atoms with Crippen LogP contribution in [-0.4, -0.2) is 20.4 Å². The molecule has 0 spiro atoms. The fraction of sp³-hybridized carbons (Fsp3) is 0.333. The summed E-state index contributed by atoms with van der Waals surface area (Å²) >= 11 is 0. The van der Waals surface area contributed by atoms with E-state index in [0.29, 0.717) is 0 Å². The molecule has 0 aliphatic carbocycles. The SMILES string of the molecule is CC#N.CC#N.CC#N.[C]=O.[C]=O.[C]=O.[Mo]. The second kappa shape index (κ2) is 1430. The molecule has 0 unspecified atom stereocenters. The zero-order valence-corrected chi connectivity index (χ0v) is 11.0. The van der Waals surface area contributed by atoms with E-state index in [2.05, 4.69) is 20.4 Å². The van der Waals surface area contributed by atoms with E-state index in [0.717, 1.165) is 0 Å². The molecule has 84 valence electrons. The molecular weight excluding hydrogens is 294 g/mol. The average Bonchev–Trinajstić information content (AvgIpc) is 2.29. The van der Waals surface area contributed by atoms with Gasteiger partial charge in [0.1, 0.15) is 0 Å². The van der Waals surface area contributed by atoms with Gasteiger partial charge in [0.05, 0.1) is 18.2 Å². The van der Waals surface area contributed by atoms with Crippen LogP contribution in [0.25, 0.3) is 0 Å². The van der Waals surface area contributed by atoms with Gasteiger partial charge in [-0.15, -0.1) is 0 Å². The molecule has 0 amide bonds. The number of rotatable bonds is 0. The normalized spacial score (nSPS) is 2.25. The summed E-state index contributed by atoms with van der Waals surface area (Å²) in [7, 11) is 0. The first-order chi connectivity index (χ1) is 7.24. The van der Waals surface area contributed by atoms with Crippen LogP contribution in [0.1, 0.15) is 20.8 Å². The van der Waals surface area contributed by atoms with Crippen molar-refractivity contribution in [2.45, 2.75) is 20.8 Å². The zero-order valence-electron chi connectivity index (χ0n) is 8.97. The summed E-state index contributed by atoms with van der Waals surface area (Å²) in [5.74, 6) is 0. The van der Waals surface area contributed by atoms with Gasteiger partial charge < -0.3 is 0 Å². The molecule has 0 aliphatic heterocycles. The van der Waals surface area contributed by atoms with Crippen LogP contribution in [-0.2, 0) is 35.4 Å². The molecule has 0 aromatic heterocycles. The van der Waals surface area contributed by atoms with Crippen molar-refractivity contribution in [1.82, 2.24) is 0 Å². The molecule has 0 atom stereocenters. The number of nitrogens with zero attached hydrogens (tertiary/aromatic N) is 3. The quantitative estimate of drug-likeness (QED) is 0.597. The zero-order chi connectivity index (χ0) is 14.1. The molecule has 7 heteroatoms. The van der Waals surface area contributed by atoms with E-state index in [4.69, 9.17) is 30.2 Å². The second-order valence-electron chi connectivity index (χ2n) is 0.671. The minimum atomic E-state index is 0. The summed E-state index contributed by atoms with van der Waals surface area (Å²) < 4.78 is 0. The molecule has 16 heavy (non-hydrogen) atoms. The fourth-order valence-corrected chi connectivity index (χ4v) is 0. The standard InChI is InChI=1S/3C2H3N.3CO.Mo/c3*1-2-3;3*1-2;/h3*1H3;;;;. The topological polar surface area (TPSA) is 123 Å². The maximum Gasteiger partial charge on any atom is 0.281 e. The second-order valence-corrected chi connectivity index (χ2v) is 0.671. The Labute approximate surface area is 111 Å². The van der Waals surface area contributed by atoms with Crippen molar-refractivity contribution in [3.8, 4) is 18.2 Å². The number of nitriles is 3. The van der Waals surface area contributed by atoms with E-state index in [-0.39, 0.29) is 21.1 Å². The van der Waals surface area contributed by atoms with Crippen molar-refractivity contribution in [3.05, 3.63) is 0 Å². The first kappa shape index (κ1) is 47.8. The van der Waals surface area contributed by atoms with Crippen LogP contribution in [0.5, 0.6) is 0 Å². The van der Waals surface area contributed by atoms with Crippen LogP contribution >= 0.6 is 0 Å². The van der Waals surface area contributed by atoms with Gasteiger partial charge in [-0.05, 0) is 0 Å². The van der Waals surface area contributed by atoms with Crippen molar-refractivity contribution < 1.29 is 35.4 Å². The molecule has 0 saturated heterocycles. The smallest absolute Gasteiger partial charge is 0.281 e. The Hall–Kier alpha value is -1.83. The van der Waals surface area contributed by atoms with E-state index in [1.807, 2.05) is 0 Å². The fourth-order valence-electron chi connectivity index (χ4n) is 0. The Balaban J connectivity index is -0.0000000122. The minimum Gasteiger partial charge on any atom is -0.281 e. The van der Waals surface area contributed by atoms with Crippen LogP contribution in [0.15, 0.2) is 0 Å². The monoisotopic (exact) mass is 305 g/mol. The maximum absolute atomic E-state index is 7.50. The largest absolute Gasteiger partial charge is 0.281 e.